The Kier molecular flexibility index (Phi) is 4.26. The van der Waals surface area contributed by atoms with Gasteiger partial charge < -0.3 is 14.6 Å². The quantitative estimate of drug-likeness (QED) is 0.899. The van der Waals surface area contributed by atoms with Crippen molar-refractivity contribution in [2.45, 2.75) is 38.5 Å². The minimum Gasteiger partial charge on any atom is -0.382 e. The molecule has 2 aromatic rings. The molecule has 1 aliphatic rings. The number of ether oxygens (including phenoxy) is 1. The zero-order valence-corrected chi connectivity index (χ0v) is 12.5. The Morgan fingerprint density at radius 1 is 1.48 bits per heavy atom. The van der Waals surface area contributed by atoms with Gasteiger partial charge in [-0.05, 0) is 25.0 Å². The van der Waals surface area contributed by atoms with E-state index >= 15 is 0 Å². The van der Waals surface area contributed by atoms with E-state index in [1.54, 1.807) is 13.3 Å². The molecule has 2 aromatic heterocycles. The maximum absolute atomic E-state index is 5.30. The van der Waals surface area contributed by atoms with Gasteiger partial charge in [-0.25, -0.2) is 0 Å². The van der Waals surface area contributed by atoms with Gasteiger partial charge in [-0.2, -0.15) is 0 Å². The third kappa shape index (κ3) is 2.96. The van der Waals surface area contributed by atoms with Crippen molar-refractivity contribution in [3.8, 4) is 0 Å². The Balaban J connectivity index is 1.82. The van der Waals surface area contributed by atoms with Gasteiger partial charge in [-0.1, -0.05) is 6.07 Å². The number of methoxy groups -OCH3 is 1. The van der Waals surface area contributed by atoms with Crippen LogP contribution in [0, 0.1) is 0 Å². The van der Waals surface area contributed by atoms with Crippen LogP contribution in [-0.2, 0) is 17.7 Å². The summed E-state index contributed by atoms with van der Waals surface area (Å²) in [6.45, 7) is 3.90. The van der Waals surface area contributed by atoms with E-state index in [0.717, 1.165) is 43.1 Å². The molecule has 3 rings (SSSR count). The Bertz CT molecular complexity index is 583. The van der Waals surface area contributed by atoms with E-state index in [1.807, 2.05) is 12.3 Å². The maximum Gasteiger partial charge on any atom is 0.154 e. The first-order chi connectivity index (χ1) is 10.3. The molecule has 0 bridgehead atoms. The summed E-state index contributed by atoms with van der Waals surface area (Å²) in [5.41, 5.74) is 1.13. The second-order valence-corrected chi connectivity index (χ2v) is 5.38. The van der Waals surface area contributed by atoms with Crippen molar-refractivity contribution < 1.29 is 4.74 Å². The first-order valence-corrected chi connectivity index (χ1v) is 7.37. The molecule has 0 saturated carbocycles. The van der Waals surface area contributed by atoms with E-state index in [2.05, 4.69) is 38.1 Å². The van der Waals surface area contributed by atoms with Crippen LogP contribution in [0.4, 0.5) is 0 Å². The van der Waals surface area contributed by atoms with Crippen LogP contribution in [0.2, 0.25) is 0 Å². The van der Waals surface area contributed by atoms with Gasteiger partial charge in [0.25, 0.3) is 0 Å². The number of hydrogen-bond donors (Lipinski definition) is 1. The molecule has 1 aliphatic heterocycles. The van der Waals surface area contributed by atoms with Crippen LogP contribution in [-0.4, -0.2) is 39.5 Å². The second-order valence-electron chi connectivity index (χ2n) is 5.38. The lowest BCUT2D eigenvalue weighted by molar-refractivity contribution is 0.110. The standard InChI is InChI=1S/C15H21N5O/c1-11(21-2)5-6-13-18-19-15-14(17-8-9-20(13)15)12-4-3-7-16-10-12/h3-4,7,10-11,14,17H,5-6,8-9H2,1-2H3. The fourth-order valence-corrected chi connectivity index (χ4v) is 2.67. The van der Waals surface area contributed by atoms with E-state index in [-0.39, 0.29) is 12.1 Å². The highest BCUT2D eigenvalue weighted by Gasteiger charge is 2.26. The number of nitrogens with one attached hydrogen (secondary N) is 1. The van der Waals surface area contributed by atoms with Crippen molar-refractivity contribution in [2.24, 2.45) is 0 Å². The Morgan fingerprint density at radius 3 is 3.14 bits per heavy atom. The van der Waals surface area contributed by atoms with Crippen LogP contribution in [0.3, 0.4) is 0 Å². The lowest BCUT2D eigenvalue weighted by Crippen LogP contribution is -2.35. The molecule has 1 N–H and O–H groups in total. The van der Waals surface area contributed by atoms with Gasteiger partial charge in [0.15, 0.2) is 5.82 Å². The molecular weight excluding hydrogens is 266 g/mol. The first kappa shape index (κ1) is 14.2. The van der Waals surface area contributed by atoms with Crippen LogP contribution >= 0.6 is 0 Å². The third-order valence-electron chi connectivity index (χ3n) is 3.99. The predicted molar refractivity (Wildman–Crippen MR) is 78.9 cm³/mol. The SMILES string of the molecule is COC(C)CCc1nnc2n1CCNC2c1cccnc1. The average molecular weight is 287 g/mol. The van der Waals surface area contributed by atoms with Crippen LogP contribution in [0.15, 0.2) is 24.5 Å². The summed E-state index contributed by atoms with van der Waals surface area (Å²) in [4.78, 5) is 4.20. The average Bonchev–Trinajstić information content (AvgIpc) is 2.96. The molecule has 21 heavy (non-hydrogen) atoms. The zero-order chi connectivity index (χ0) is 14.7. The van der Waals surface area contributed by atoms with Gasteiger partial charge in [-0.3, -0.25) is 4.98 Å². The van der Waals surface area contributed by atoms with E-state index in [4.69, 9.17) is 4.74 Å². The number of fused-ring (bicyclic) bond motifs is 1. The molecule has 0 aliphatic carbocycles. The summed E-state index contributed by atoms with van der Waals surface area (Å²) in [5.74, 6) is 2.03. The van der Waals surface area contributed by atoms with Crippen molar-refractivity contribution in [2.75, 3.05) is 13.7 Å². The van der Waals surface area contributed by atoms with E-state index < -0.39 is 0 Å². The van der Waals surface area contributed by atoms with Gasteiger partial charge in [0.05, 0.1) is 12.1 Å². The monoisotopic (exact) mass is 287 g/mol. The number of aryl methyl sites for hydroxylation is 1. The molecule has 2 atom stereocenters. The molecule has 0 saturated heterocycles. The number of aromatic nitrogens is 4. The molecule has 6 nitrogen and oxygen atoms in total. The Morgan fingerprint density at radius 2 is 2.38 bits per heavy atom. The number of nitrogens with zero attached hydrogens (tertiary/aromatic N) is 4. The highest BCUT2D eigenvalue weighted by atomic mass is 16.5. The lowest BCUT2D eigenvalue weighted by atomic mass is 10.1. The van der Waals surface area contributed by atoms with Gasteiger partial charge >= 0.3 is 0 Å². The summed E-state index contributed by atoms with van der Waals surface area (Å²) < 4.78 is 7.54. The Labute approximate surface area is 124 Å². The largest absolute Gasteiger partial charge is 0.382 e. The highest BCUT2D eigenvalue weighted by molar-refractivity contribution is 5.23. The second kappa shape index (κ2) is 6.32. The predicted octanol–water partition coefficient (Wildman–Crippen LogP) is 1.33. The van der Waals surface area contributed by atoms with Crippen LogP contribution < -0.4 is 5.32 Å². The van der Waals surface area contributed by atoms with Gasteiger partial charge in [0.1, 0.15) is 5.82 Å². The fraction of sp³-hybridized carbons (Fsp3) is 0.533. The Hall–Kier alpha value is -1.79. The molecule has 0 aromatic carbocycles. The van der Waals surface area contributed by atoms with Gasteiger partial charge in [-0.15, -0.1) is 10.2 Å². The van der Waals surface area contributed by atoms with Crippen molar-refractivity contribution in [1.82, 2.24) is 25.1 Å². The zero-order valence-electron chi connectivity index (χ0n) is 12.5. The molecule has 0 amide bonds. The van der Waals surface area contributed by atoms with Crippen LogP contribution in [0.1, 0.15) is 36.6 Å². The molecule has 112 valence electrons. The smallest absolute Gasteiger partial charge is 0.154 e. The summed E-state index contributed by atoms with van der Waals surface area (Å²) in [6.07, 6.45) is 5.76. The summed E-state index contributed by atoms with van der Waals surface area (Å²) in [7, 11) is 1.74. The number of hydrogen-bond acceptors (Lipinski definition) is 5. The van der Waals surface area contributed by atoms with E-state index in [1.165, 1.54) is 0 Å². The number of rotatable bonds is 5. The molecule has 0 spiro atoms. The van der Waals surface area contributed by atoms with E-state index in [9.17, 15) is 0 Å². The summed E-state index contributed by atoms with van der Waals surface area (Å²) in [6, 6.07) is 4.10. The minimum absolute atomic E-state index is 0.0774. The molecule has 0 fully saturated rings. The molecule has 2 unspecified atom stereocenters. The van der Waals surface area contributed by atoms with Gasteiger partial charge in [0.2, 0.25) is 0 Å². The normalized spacial score (nSPS) is 19.2. The van der Waals surface area contributed by atoms with Crippen molar-refractivity contribution in [3.05, 3.63) is 41.7 Å². The highest BCUT2D eigenvalue weighted by Crippen LogP contribution is 2.23. The molecule has 3 heterocycles. The van der Waals surface area contributed by atoms with Crippen molar-refractivity contribution in [3.63, 3.8) is 0 Å². The third-order valence-corrected chi connectivity index (χ3v) is 3.99. The maximum atomic E-state index is 5.30. The van der Waals surface area contributed by atoms with Crippen molar-refractivity contribution >= 4 is 0 Å². The molecule has 6 heteroatoms. The van der Waals surface area contributed by atoms with Crippen molar-refractivity contribution in [1.29, 1.82) is 0 Å². The topological polar surface area (TPSA) is 64.9 Å². The number of pyridine rings is 1. The summed E-state index contributed by atoms with van der Waals surface area (Å²) in [5, 5.41) is 12.3. The van der Waals surface area contributed by atoms with Crippen LogP contribution in [0.5, 0.6) is 0 Å². The molecule has 0 radical (unpaired) electrons. The van der Waals surface area contributed by atoms with Crippen LogP contribution in [0.25, 0.3) is 0 Å². The lowest BCUT2D eigenvalue weighted by Gasteiger charge is -2.25. The first-order valence-electron chi connectivity index (χ1n) is 7.37. The fourth-order valence-electron chi connectivity index (χ4n) is 2.67. The minimum atomic E-state index is 0.0774. The van der Waals surface area contributed by atoms with E-state index in [0.29, 0.717) is 0 Å². The van der Waals surface area contributed by atoms with Gasteiger partial charge in [0, 0.05) is 39.0 Å². The summed E-state index contributed by atoms with van der Waals surface area (Å²) >= 11 is 0. The molecular formula is C15H21N5O.